The summed E-state index contributed by atoms with van der Waals surface area (Å²) in [5, 5.41) is 20.7. The Morgan fingerprint density at radius 2 is 1.78 bits per heavy atom. The number of aliphatic hydroxyl groups excluding tert-OH is 1. The standard InChI is InChI=1S/C24H32N4O4/c29-20-8-12-26(13-9-20)21-16-23(31)28(18-25-21)17-24(32)10-14-27(15-11-24)22(30)7-6-19-4-2-1-3-5-19/h1-5,16,18,20,29,32H,6-15,17H2. The molecule has 3 heterocycles. The zero-order chi connectivity index (χ0) is 22.6. The van der Waals surface area contributed by atoms with Crippen LogP contribution in [0.1, 0.15) is 37.7 Å². The number of nitrogens with zero attached hydrogens (tertiary/aromatic N) is 4. The van der Waals surface area contributed by atoms with Crippen molar-refractivity contribution in [3.8, 4) is 0 Å². The van der Waals surface area contributed by atoms with Crippen molar-refractivity contribution >= 4 is 11.7 Å². The minimum absolute atomic E-state index is 0.103. The summed E-state index contributed by atoms with van der Waals surface area (Å²) in [6.07, 6.45) is 4.60. The van der Waals surface area contributed by atoms with Crippen molar-refractivity contribution in [3.05, 3.63) is 58.6 Å². The second-order valence-corrected chi connectivity index (χ2v) is 9.02. The van der Waals surface area contributed by atoms with Gasteiger partial charge in [-0.25, -0.2) is 4.98 Å². The third-order valence-corrected chi connectivity index (χ3v) is 6.64. The van der Waals surface area contributed by atoms with Crippen LogP contribution in [-0.2, 0) is 17.8 Å². The number of hydrogen-bond acceptors (Lipinski definition) is 6. The van der Waals surface area contributed by atoms with E-state index in [9.17, 15) is 19.8 Å². The summed E-state index contributed by atoms with van der Waals surface area (Å²) in [6, 6.07) is 11.5. The van der Waals surface area contributed by atoms with Crippen molar-refractivity contribution in [1.29, 1.82) is 0 Å². The van der Waals surface area contributed by atoms with Gasteiger partial charge < -0.3 is 20.0 Å². The number of piperidine rings is 2. The fourth-order valence-corrected chi connectivity index (χ4v) is 4.50. The highest BCUT2D eigenvalue weighted by Crippen LogP contribution is 2.25. The molecule has 1 aromatic heterocycles. The summed E-state index contributed by atoms with van der Waals surface area (Å²) < 4.78 is 1.45. The molecule has 4 rings (SSSR count). The van der Waals surface area contributed by atoms with Crippen LogP contribution in [-0.4, -0.2) is 68.5 Å². The molecule has 0 saturated carbocycles. The highest BCUT2D eigenvalue weighted by Gasteiger charge is 2.34. The van der Waals surface area contributed by atoms with Crippen molar-refractivity contribution in [2.24, 2.45) is 0 Å². The van der Waals surface area contributed by atoms with Gasteiger partial charge >= 0.3 is 0 Å². The quantitative estimate of drug-likeness (QED) is 0.700. The Morgan fingerprint density at radius 1 is 1.09 bits per heavy atom. The SMILES string of the molecule is O=C(CCc1ccccc1)N1CCC(O)(Cn2cnc(N3CCC(O)CC3)cc2=O)CC1. The number of likely N-dealkylation sites (tertiary alicyclic amines) is 1. The van der Waals surface area contributed by atoms with Gasteiger partial charge in [-0.2, -0.15) is 0 Å². The van der Waals surface area contributed by atoms with E-state index < -0.39 is 5.60 Å². The van der Waals surface area contributed by atoms with Gasteiger partial charge in [0, 0.05) is 38.7 Å². The third kappa shape index (κ3) is 5.55. The van der Waals surface area contributed by atoms with E-state index in [1.54, 1.807) is 0 Å². The predicted octanol–water partition coefficient (Wildman–Crippen LogP) is 1.19. The molecule has 32 heavy (non-hydrogen) atoms. The van der Waals surface area contributed by atoms with Gasteiger partial charge in [0.05, 0.1) is 24.6 Å². The average Bonchev–Trinajstić information content (AvgIpc) is 2.80. The maximum Gasteiger partial charge on any atom is 0.255 e. The van der Waals surface area contributed by atoms with Gasteiger partial charge in [-0.1, -0.05) is 30.3 Å². The van der Waals surface area contributed by atoms with Gasteiger partial charge in [0.25, 0.3) is 5.56 Å². The normalized spacial score (nSPS) is 19.2. The predicted molar refractivity (Wildman–Crippen MR) is 121 cm³/mol. The van der Waals surface area contributed by atoms with Crippen LogP contribution in [0.2, 0.25) is 0 Å². The van der Waals surface area contributed by atoms with Crippen LogP contribution in [0.15, 0.2) is 47.5 Å². The van der Waals surface area contributed by atoms with Crippen molar-refractivity contribution in [1.82, 2.24) is 14.5 Å². The summed E-state index contributed by atoms with van der Waals surface area (Å²) in [7, 11) is 0. The van der Waals surface area contributed by atoms with E-state index >= 15 is 0 Å². The van der Waals surface area contributed by atoms with Crippen molar-refractivity contribution < 1.29 is 15.0 Å². The summed E-state index contributed by atoms with van der Waals surface area (Å²) in [4.78, 5) is 33.4. The van der Waals surface area contributed by atoms with Gasteiger partial charge in [-0.05, 0) is 37.7 Å². The first-order valence-electron chi connectivity index (χ1n) is 11.5. The molecule has 8 heteroatoms. The molecule has 2 N–H and O–H groups in total. The molecule has 0 radical (unpaired) electrons. The molecule has 0 spiro atoms. The van der Waals surface area contributed by atoms with Crippen LogP contribution in [0.5, 0.6) is 0 Å². The van der Waals surface area contributed by atoms with E-state index in [-0.39, 0.29) is 24.1 Å². The van der Waals surface area contributed by atoms with E-state index in [1.165, 1.54) is 17.0 Å². The Kier molecular flexibility index (Phi) is 6.91. The monoisotopic (exact) mass is 440 g/mol. The Labute approximate surface area is 188 Å². The van der Waals surface area contributed by atoms with Gasteiger partial charge in [0.2, 0.25) is 5.91 Å². The average molecular weight is 441 g/mol. The Balaban J connectivity index is 1.29. The molecular formula is C24H32N4O4. The van der Waals surface area contributed by atoms with E-state index in [1.807, 2.05) is 40.1 Å². The zero-order valence-electron chi connectivity index (χ0n) is 18.4. The number of carbonyl (C=O) groups is 1. The van der Waals surface area contributed by atoms with Crippen LogP contribution in [0.25, 0.3) is 0 Å². The lowest BCUT2D eigenvalue weighted by molar-refractivity contribution is -0.135. The number of rotatable bonds is 6. The Bertz CT molecular complexity index is 961. The lowest BCUT2D eigenvalue weighted by Gasteiger charge is -2.38. The van der Waals surface area contributed by atoms with Crippen molar-refractivity contribution in [2.45, 2.75) is 56.8 Å². The highest BCUT2D eigenvalue weighted by molar-refractivity contribution is 5.76. The molecule has 0 atom stereocenters. The van der Waals surface area contributed by atoms with Crippen LogP contribution in [0.4, 0.5) is 5.82 Å². The number of carbonyl (C=O) groups excluding carboxylic acids is 1. The molecule has 8 nitrogen and oxygen atoms in total. The molecule has 0 bridgehead atoms. The molecule has 2 aromatic rings. The Morgan fingerprint density at radius 3 is 2.44 bits per heavy atom. The molecule has 2 fully saturated rings. The molecule has 1 amide bonds. The van der Waals surface area contributed by atoms with Crippen LogP contribution >= 0.6 is 0 Å². The summed E-state index contributed by atoms with van der Waals surface area (Å²) in [6.45, 7) is 2.50. The van der Waals surface area contributed by atoms with Gasteiger partial charge in [0.1, 0.15) is 5.82 Å². The minimum Gasteiger partial charge on any atom is -0.393 e. The minimum atomic E-state index is -1.03. The smallest absolute Gasteiger partial charge is 0.255 e. The molecular weight excluding hydrogens is 408 g/mol. The number of benzene rings is 1. The Hall–Kier alpha value is -2.71. The van der Waals surface area contributed by atoms with Gasteiger partial charge in [-0.15, -0.1) is 0 Å². The first-order chi connectivity index (χ1) is 15.4. The first kappa shape index (κ1) is 22.5. The number of aromatic nitrogens is 2. The maximum absolute atomic E-state index is 12.6. The maximum atomic E-state index is 12.6. The molecule has 0 unspecified atom stereocenters. The lowest BCUT2D eigenvalue weighted by atomic mass is 9.91. The number of aliphatic hydroxyl groups is 2. The number of hydrogen-bond donors (Lipinski definition) is 2. The van der Waals surface area contributed by atoms with Crippen LogP contribution < -0.4 is 10.5 Å². The molecule has 2 saturated heterocycles. The van der Waals surface area contributed by atoms with E-state index in [4.69, 9.17) is 0 Å². The van der Waals surface area contributed by atoms with Gasteiger partial charge in [0.15, 0.2) is 0 Å². The zero-order valence-corrected chi connectivity index (χ0v) is 18.4. The van der Waals surface area contributed by atoms with Crippen molar-refractivity contribution in [2.75, 3.05) is 31.1 Å². The largest absolute Gasteiger partial charge is 0.393 e. The molecule has 1 aromatic carbocycles. The van der Waals surface area contributed by atoms with Gasteiger partial charge in [-0.3, -0.25) is 14.2 Å². The first-order valence-corrected chi connectivity index (χ1v) is 11.5. The van der Waals surface area contributed by atoms with Crippen molar-refractivity contribution in [3.63, 3.8) is 0 Å². The summed E-state index contributed by atoms with van der Waals surface area (Å²) >= 11 is 0. The highest BCUT2D eigenvalue weighted by atomic mass is 16.3. The second-order valence-electron chi connectivity index (χ2n) is 9.02. The van der Waals surface area contributed by atoms with Crippen LogP contribution in [0, 0.1) is 0 Å². The molecule has 172 valence electrons. The fourth-order valence-electron chi connectivity index (χ4n) is 4.50. The summed E-state index contributed by atoms with van der Waals surface area (Å²) in [5.74, 6) is 0.717. The number of amides is 1. The molecule has 2 aliphatic rings. The molecule has 2 aliphatic heterocycles. The fraction of sp³-hybridized carbons (Fsp3) is 0.542. The summed E-state index contributed by atoms with van der Waals surface area (Å²) in [5.41, 5.74) is -0.0836. The number of aryl methyl sites for hydroxylation is 1. The van der Waals surface area contributed by atoms with E-state index in [0.29, 0.717) is 70.5 Å². The van der Waals surface area contributed by atoms with E-state index in [0.717, 1.165) is 5.56 Å². The topological polar surface area (TPSA) is 98.9 Å². The number of anilines is 1. The lowest BCUT2D eigenvalue weighted by Crippen LogP contribution is -2.49. The second kappa shape index (κ2) is 9.83. The molecule has 0 aliphatic carbocycles. The third-order valence-electron chi connectivity index (χ3n) is 6.64. The van der Waals surface area contributed by atoms with Crippen LogP contribution in [0.3, 0.4) is 0 Å². The van der Waals surface area contributed by atoms with E-state index in [2.05, 4.69) is 4.98 Å².